The van der Waals surface area contributed by atoms with Gasteiger partial charge in [0.25, 0.3) is 0 Å². The third-order valence-electron chi connectivity index (χ3n) is 2.88. The quantitative estimate of drug-likeness (QED) is 0.786. The SMILES string of the molecule is CSCC[C@@H](N)C(=O)N(C)Cc1cccc(SC)c1. The number of hydrogen-bond acceptors (Lipinski definition) is 4. The highest BCUT2D eigenvalue weighted by Crippen LogP contribution is 2.17. The zero-order valence-electron chi connectivity index (χ0n) is 11.8. The summed E-state index contributed by atoms with van der Waals surface area (Å²) in [6, 6.07) is 7.85. The number of rotatable bonds is 7. The lowest BCUT2D eigenvalue weighted by atomic mass is 10.2. The maximum atomic E-state index is 12.1. The van der Waals surface area contributed by atoms with E-state index in [4.69, 9.17) is 5.73 Å². The van der Waals surface area contributed by atoms with E-state index in [1.807, 2.05) is 31.7 Å². The van der Waals surface area contributed by atoms with Crippen LogP contribution in [0.15, 0.2) is 29.2 Å². The molecule has 0 radical (unpaired) electrons. The number of likely N-dealkylation sites (N-methyl/N-ethyl adjacent to an activating group) is 1. The third kappa shape index (κ3) is 5.47. The standard InChI is InChI=1S/C14H22N2OS2/c1-16(14(17)13(15)7-8-18-2)10-11-5-4-6-12(9-11)19-3/h4-6,9,13H,7-8,10,15H2,1-3H3/t13-/m1/s1. The molecule has 0 bridgehead atoms. The number of thioether (sulfide) groups is 2. The second-order valence-corrected chi connectivity index (χ2v) is 6.30. The zero-order chi connectivity index (χ0) is 14.3. The number of carbonyl (C=O) groups is 1. The van der Waals surface area contributed by atoms with Crippen LogP contribution in [0.4, 0.5) is 0 Å². The van der Waals surface area contributed by atoms with E-state index >= 15 is 0 Å². The molecule has 0 fully saturated rings. The lowest BCUT2D eigenvalue weighted by Gasteiger charge is -2.21. The van der Waals surface area contributed by atoms with Gasteiger partial charge in [-0.15, -0.1) is 11.8 Å². The van der Waals surface area contributed by atoms with Crippen LogP contribution in [0.3, 0.4) is 0 Å². The highest BCUT2D eigenvalue weighted by molar-refractivity contribution is 7.98. The van der Waals surface area contributed by atoms with Gasteiger partial charge in [-0.1, -0.05) is 12.1 Å². The smallest absolute Gasteiger partial charge is 0.239 e. The summed E-state index contributed by atoms with van der Waals surface area (Å²) >= 11 is 3.42. The fraction of sp³-hybridized carbons (Fsp3) is 0.500. The molecule has 5 heteroatoms. The molecule has 1 atom stereocenters. The second kappa shape index (κ2) is 8.51. The van der Waals surface area contributed by atoms with Gasteiger partial charge in [-0.3, -0.25) is 4.79 Å². The Morgan fingerprint density at radius 2 is 2.16 bits per heavy atom. The van der Waals surface area contributed by atoms with E-state index in [9.17, 15) is 4.79 Å². The van der Waals surface area contributed by atoms with E-state index in [1.54, 1.807) is 28.4 Å². The molecule has 1 aromatic carbocycles. The molecular weight excluding hydrogens is 276 g/mol. The Labute approximate surface area is 124 Å². The van der Waals surface area contributed by atoms with Gasteiger partial charge in [-0.2, -0.15) is 11.8 Å². The topological polar surface area (TPSA) is 46.3 Å². The number of benzene rings is 1. The van der Waals surface area contributed by atoms with E-state index in [0.717, 1.165) is 17.7 Å². The summed E-state index contributed by atoms with van der Waals surface area (Å²) in [5.74, 6) is 0.937. The first-order chi connectivity index (χ1) is 9.08. The van der Waals surface area contributed by atoms with Crippen LogP contribution >= 0.6 is 23.5 Å². The molecule has 106 valence electrons. The van der Waals surface area contributed by atoms with Crippen molar-refractivity contribution in [2.45, 2.75) is 23.9 Å². The third-order valence-corrected chi connectivity index (χ3v) is 4.25. The fourth-order valence-electron chi connectivity index (χ4n) is 1.77. The molecule has 0 spiro atoms. The first kappa shape index (κ1) is 16.4. The van der Waals surface area contributed by atoms with Gasteiger partial charge in [0.1, 0.15) is 0 Å². The highest BCUT2D eigenvalue weighted by atomic mass is 32.2. The van der Waals surface area contributed by atoms with Crippen molar-refractivity contribution in [3.8, 4) is 0 Å². The molecule has 0 aliphatic carbocycles. The molecule has 0 heterocycles. The lowest BCUT2D eigenvalue weighted by Crippen LogP contribution is -2.41. The van der Waals surface area contributed by atoms with Crippen LogP contribution < -0.4 is 5.73 Å². The normalized spacial score (nSPS) is 12.2. The van der Waals surface area contributed by atoms with Crippen LogP contribution in [0.2, 0.25) is 0 Å². The number of hydrogen-bond donors (Lipinski definition) is 1. The number of amides is 1. The number of carbonyl (C=O) groups excluding carboxylic acids is 1. The van der Waals surface area contributed by atoms with Gasteiger partial charge < -0.3 is 10.6 Å². The molecule has 19 heavy (non-hydrogen) atoms. The van der Waals surface area contributed by atoms with Crippen molar-refractivity contribution in [2.24, 2.45) is 5.73 Å². The Morgan fingerprint density at radius 3 is 2.79 bits per heavy atom. The highest BCUT2D eigenvalue weighted by Gasteiger charge is 2.17. The maximum absolute atomic E-state index is 12.1. The van der Waals surface area contributed by atoms with E-state index in [-0.39, 0.29) is 11.9 Å². The summed E-state index contributed by atoms with van der Waals surface area (Å²) in [6.45, 7) is 0.611. The van der Waals surface area contributed by atoms with Gasteiger partial charge in [-0.25, -0.2) is 0 Å². The summed E-state index contributed by atoms with van der Waals surface area (Å²) in [6.07, 6.45) is 4.80. The summed E-state index contributed by atoms with van der Waals surface area (Å²) in [5.41, 5.74) is 7.04. The van der Waals surface area contributed by atoms with E-state index in [0.29, 0.717) is 6.54 Å². The number of nitrogens with two attached hydrogens (primary N) is 1. The van der Waals surface area contributed by atoms with Crippen LogP contribution in [-0.4, -0.2) is 42.2 Å². The van der Waals surface area contributed by atoms with Crippen molar-refractivity contribution in [1.82, 2.24) is 4.90 Å². The van der Waals surface area contributed by atoms with Gasteiger partial charge in [0, 0.05) is 18.5 Å². The minimum atomic E-state index is -0.388. The maximum Gasteiger partial charge on any atom is 0.239 e. The van der Waals surface area contributed by atoms with Crippen molar-refractivity contribution in [3.63, 3.8) is 0 Å². The lowest BCUT2D eigenvalue weighted by molar-refractivity contribution is -0.131. The van der Waals surface area contributed by atoms with Crippen molar-refractivity contribution in [3.05, 3.63) is 29.8 Å². The first-order valence-electron chi connectivity index (χ1n) is 6.21. The zero-order valence-corrected chi connectivity index (χ0v) is 13.4. The molecule has 0 unspecified atom stereocenters. The summed E-state index contributed by atoms with van der Waals surface area (Å²) < 4.78 is 0. The van der Waals surface area contributed by atoms with Gasteiger partial charge >= 0.3 is 0 Å². The van der Waals surface area contributed by atoms with E-state index < -0.39 is 0 Å². The van der Waals surface area contributed by atoms with E-state index in [2.05, 4.69) is 12.1 Å². The molecule has 0 aliphatic heterocycles. The summed E-state index contributed by atoms with van der Waals surface area (Å²) in [4.78, 5) is 15.0. The average molecular weight is 298 g/mol. The van der Waals surface area contributed by atoms with Crippen molar-refractivity contribution in [2.75, 3.05) is 25.3 Å². The minimum Gasteiger partial charge on any atom is -0.340 e. The molecule has 3 nitrogen and oxygen atoms in total. The predicted octanol–water partition coefficient (Wildman–Crippen LogP) is 2.45. The molecule has 0 aliphatic rings. The van der Waals surface area contributed by atoms with E-state index in [1.165, 1.54) is 4.90 Å². The van der Waals surface area contributed by atoms with Gasteiger partial charge in [0.05, 0.1) is 6.04 Å². The molecule has 1 aromatic rings. The first-order valence-corrected chi connectivity index (χ1v) is 8.82. The molecule has 1 amide bonds. The van der Waals surface area contributed by atoms with Gasteiger partial charge in [-0.05, 0) is 42.4 Å². The summed E-state index contributed by atoms with van der Waals surface area (Å²) in [5, 5.41) is 0. The van der Waals surface area contributed by atoms with Crippen LogP contribution in [0.1, 0.15) is 12.0 Å². The molecular formula is C14H22N2OS2. The Morgan fingerprint density at radius 1 is 1.42 bits per heavy atom. The average Bonchev–Trinajstić information content (AvgIpc) is 2.43. The Bertz CT molecular complexity index is 412. The Hall–Kier alpha value is -0.650. The monoisotopic (exact) mass is 298 g/mol. The molecule has 0 saturated heterocycles. The minimum absolute atomic E-state index is 0.0172. The van der Waals surface area contributed by atoms with Crippen molar-refractivity contribution >= 4 is 29.4 Å². The molecule has 0 aromatic heterocycles. The summed E-state index contributed by atoms with van der Waals surface area (Å²) in [7, 11) is 1.81. The number of nitrogens with zero attached hydrogens (tertiary/aromatic N) is 1. The molecule has 0 saturated carbocycles. The molecule has 2 N–H and O–H groups in total. The second-order valence-electron chi connectivity index (χ2n) is 4.43. The molecule has 1 rings (SSSR count). The predicted molar refractivity (Wildman–Crippen MR) is 85.7 cm³/mol. The van der Waals surface area contributed by atoms with Crippen LogP contribution in [0.25, 0.3) is 0 Å². The Balaban J connectivity index is 2.57. The largest absolute Gasteiger partial charge is 0.340 e. The Kier molecular flexibility index (Phi) is 7.34. The van der Waals surface area contributed by atoms with Crippen LogP contribution in [-0.2, 0) is 11.3 Å². The van der Waals surface area contributed by atoms with Gasteiger partial charge in [0.15, 0.2) is 0 Å². The van der Waals surface area contributed by atoms with Gasteiger partial charge in [0.2, 0.25) is 5.91 Å². The van der Waals surface area contributed by atoms with Crippen molar-refractivity contribution < 1.29 is 4.79 Å². The van der Waals surface area contributed by atoms with Crippen LogP contribution in [0.5, 0.6) is 0 Å². The van der Waals surface area contributed by atoms with Crippen molar-refractivity contribution in [1.29, 1.82) is 0 Å². The fourth-order valence-corrected chi connectivity index (χ4v) is 2.75. The van der Waals surface area contributed by atoms with Crippen LogP contribution in [0, 0.1) is 0 Å².